The van der Waals surface area contributed by atoms with Gasteiger partial charge in [-0.05, 0) is 24.1 Å². The van der Waals surface area contributed by atoms with E-state index in [0.29, 0.717) is 5.75 Å². The van der Waals surface area contributed by atoms with Crippen LogP contribution in [0.1, 0.15) is 18.9 Å². The predicted octanol–water partition coefficient (Wildman–Crippen LogP) is 1.85. The molecule has 1 rings (SSSR count). The van der Waals surface area contributed by atoms with E-state index in [4.69, 9.17) is 15.6 Å². The lowest BCUT2D eigenvalue weighted by atomic mass is 10.1. The molecule has 0 aliphatic carbocycles. The number of carboxylic acid groups (broad SMARTS) is 1. The lowest BCUT2D eigenvalue weighted by Crippen LogP contribution is -2.34. The maximum absolute atomic E-state index is 10.7. The van der Waals surface area contributed by atoms with E-state index in [2.05, 4.69) is 6.92 Å². The smallest absolute Gasteiger partial charge is 0.346 e. The number of carbonyl (C=O) groups is 1. The van der Waals surface area contributed by atoms with E-state index in [1.54, 1.807) is 6.07 Å². The number of halogens is 1. The van der Waals surface area contributed by atoms with Crippen LogP contribution < -0.4 is 10.5 Å². The van der Waals surface area contributed by atoms with Gasteiger partial charge in [0, 0.05) is 6.54 Å². The van der Waals surface area contributed by atoms with Crippen LogP contribution in [0.25, 0.3) is 0 Å². The van der Waals surface area contributed by atoms with Gasteiger partial charge in [-0.2, -0.15) is 0 Å². The molecule has 0 fully saturated rings. The Kier molecular flexibility index (Phi) is 7.34. The number of benzene rings is 1. The summed E-state index contributed by atoms with van der Waals surface area (Å²) in [5, 5.41) is 8.80. The van der Waals surface area contributed by atoms with Gasteiger partial charge in [0.15, 0.2) is 0 Å². The third-order valence-electron chi connectivity index (χ3n) is 2.20. The zero-order valence-electron chi connectivity index (χ0n) is 9.76. The van der Waals surface area contributed by atoms with Gasteiger partial charge in [-0.1, -0.05) is 25.5 Å². The molecule has 3 N–H and O–H groups in total. The van der Waals surface area contributed by atoms with Crippen LogP contribution in [0.2, 0.25) is 0 Å². The minimum atomic E-state index is -1.04. The van der Waals surface area contributed by atoms with E-state index in [1.807, 2.05) is 18.2 Å². The largest absolute Gasteiger partial charge is 0.478 e. The number of nitrogens with two attached hydrogens (primary N) is 1. The highest BCUT2D eigenvalue weighted by Crippen LogP contribution is 2.16. The molecule has 4 nitrogen and oxygen atoms in total. The van der Waals surface area contributed by atoms with Gasteiger partial charge in [0.1, 0.15) is 5.75 Å². The Labute approximate surface area is 107 Å². The van der Waals surface area contributed by atoms with E-state index in [1.165, 1.54) is 0 Å². The second kappa shape index (κ2) is 7.92. The third kappa shape index (κ3) is 5.06. The Balaban J connectivity index is 0.00000256. The Bertz CT molecular complexity index is 357. The topological polar surface area (TPSA) is 72.5 Å². The molecule has 0 radical (unpaired) electrons. The molecule has 1 aromatic carbocycles. The number of aliphatic carboxylic acids is 1. The number of hydrogen-bond acceptors (Lipinski definition) is 3. The first-order valence-corrected chi connectivity index (χ1v) is 5.35. The summed E-state index contributed by atoms with van der Waals surface area (Å²) in [5.41, 5.74) is 6.45. The summed E-state index contributed by atoms with van der Waals surface area (Å²) in [6.07, 6.45) is 1.03. The molecule has 0 amide bonds. The highest BCUT2D eigenvalue weighted by Gasteiger charge is 2.16. The molecule has 0 saturated carbocycles. The van der Waals surface area contributed by atoms with E-state index in [0.717, 1.165) is 18.4 Å². The first kappa shape index (κ1) is 15.7. The van der Waals surface area contributed by atoms with E-state index in [9.17, 15) is 4.79 Å². The van der Waals surface area contributed by atoms with Crippen molar-refractivity contribution in [3.63, 3.8) is 0 Å². The average molecular weight is 260 g/mol. The second-order valence-electron chi connectivity index (χ2n) is 3.58. The van der Waals surface area contributed by atoms with Crippen molar-refractivity contribution < 1.29 is 14.6 Å². The van der Waals surface area contributed by atoms with Crippen molar-refractivity contribution in [2.75, 3.05) is 6.54 Å². The Hall–Kier alpha value is -1.26. The summed E-state index contributed by atoms with van der Waals surface area (Å²) in [5.74, 6) is -0.479. The predicted molar refractivity (Wildman–Crippen MR) is 68.8 cm³/mol. The molecule has 0 unspecified atom stereocenters. The Morgan fingerprint density at radius 3 is 2.76 bits per heavy atom. The molecule has 1 aromatic rings. The van der Waals surface area contributed by atoms with E-state index >= 15 is 0 Å². The van der Waals surface area contributed by atoms with Crippen molar-refractivity contribution in [2.45, 2.75) is 25.9 Å². The molecular weight excluding hydrogens is 242 g/mol. The fraction of sp³-hybridized carbons (Fsp3) is 0.417. The van der Waals surface area contributed by atoms with Gasteiger partial charge in [-0.15, -0.1) is 12.4 Å². The summed E-state index contributed by atoms with van der Waals surface area (Å²) in [6, 6.07) is 7.45. The van der Waals surface area contributed by atoms with Crippen molar-refractivity contribution >= 4 is 18.4 Å². The van der Waals surface area contributed by atoms with Crippen LogP contribution in [0.15, 0.2) is 24.3 Å². The molecule has 0 heterocycles. The SMILES string of the molecule is CCCc1cccc(O[C@@H](CN)C(=O)O)c1.Cl. The van der Waals surface area contributed by atoms with E-state index < -0.39 is 12.1 Å². The van der Waals surface area contributed by atoms with Gasteiger partial charge >= 0.3 is 5.97 Å². The Morgan fingerprint density at radius 1 is 1.53 bits per heavy atom. The minimum absolute atomic E-state index is 0. The third-order valence-corrected chi connectivity index (χ3v) is 2.20. The van der Waals surface area contributed by atoms with Crippen LogP contribution in [0.4, 0.5) is 0 Å². The summed E-state index contributed by atoms with van der Waals surface area (Å²) in [7, 11) is 0. The molecule has 0 saturated heterocycles. The first-order chi connectivity index (χ1) is 7.67. The lowest BCUT2D eigenvalue weighted by molar-refractivity contribution is -0.144. The second-order valence-corrected chi connectivity index (χ2v) is 3.58. The maximum atomic E-state index is 10.7. The van der Waals surface area contributed by atoms with Crippen LogP contribution in [0.5, 0.6) is 5.75 Å². The van der Waals surface area contributed by atoms with Crippen molar-refractivity contribution in [1.29, 1.82) is 0 Å². The first-order valence-electron chi connectivity index (χ1n) is 5.35. The number of ether oxygens (including phenoxy) is 1. The van der Waals surface area contributed by atoms with Crippen LogP contribution in [-0.4, -0.2) is 23.7 Å². The molecule has 1 atom stereocenters. The molecule has 0 spiro atoms. The van der Waals surface area contributed by atoms with Crippen molar-refractivity contribution in [3.05, 3.63) is 29.8 Å². The van der Waals surface area contributed by atoms with Crippen LogP contribution in [0, 0.1) is 0 Å². The van der Waals surface area contributed by atoms with Gasteiger partial charge in [0.2, 0.25) is 6.10 Å². The zero-order chi connectivity index (χ0) is 12.0. The summed E-state index contributed by atoms with van der Waals surface area (Å²) >= 11 is 0. The van der Waals surface area contributed by atoms with Gasteiger partial charge < -0.3 is 15.6 Å². The molecule has 0 aliphatic heterocycles. The monoisotopic (exact) mass is 259 g/mol. The van der Waals surface area contributed by atoms with Gasteiger partial charge in [0.25, 0.3) is 0 Å². The highest BCUT2D eigenvalue weighted by molar-refractivity contribution is 5.85. The fourth-order valence-electron chi connectivity index (χ4n) is 1.43. The zero-order valence-corrected chi connectivity index (χ0v) is 10.6. The molecule has 0 bridgehead atoms. The molecule has 17 heavy (non-hydrogen) atoms. The summed E-state index contributed by atoms with van der Waals surface area (Å²) in [4.78, 5) is 10.7. The van der Waals surface area contributed by atoms with Crippen molar-refractivity contribution in [3.8, 4) is 5.75 Å². The maximum Gasteiger partial charge on any atom is 0.346 e. The summed E-state index contributed by atoms with van der Waals surface area (Å²) < 4.78 is 5.29. The average Bonchev–Trinajstić information content (AvgIpc) is 2.26. The van der Waals surface area contributed by atoms with Crippen molar-refractivity contribution in [1.82, 2.24) is 0 Å². The number of rotatable bonds is 6. The molecule has 5 heteroatoms. The molecule has 0 aromatic heterocycles. The summed E-state index contributed by atoms with van der Waals surface area (Å²) in [6.45, 7) is 2.06. The molecule has 96 valence electrons. The number of aryl methyl sites for hydroxylation is 1. The quantitative estimate of drug-likeness (QED) is 0.818. The van der Waals surface area contributed by atoms with E-state index in [-0.39, 0.29) is 19.0 Å². The number of carboxylic acids is 1. The molecular formula is C12H18ClNO3. The number of hydrogen-bond donors (Lipinski definition) is 2. The van der Waals surface area contributed by atoms with Crippen LogP contribution in [-0.2, 0) is 11.2 Å². The fourth-order valence-corrected chi connectivity index (χ4v) is 1.43. The standard InChI is InChI=1S/C12H17NO3.ClH/c1-2-4-9-5-3-6-10(7-9)16-11(8-13)12(14)15;/h3,5-7,11H,2,4,8,13H2,1H3,(H,14,15);1H/t11-;/m0./s1. The minimum Gasteiger partial charge on any atom is -0.478 e. The molecule has 0 aliphatic rings. The lowest BCUT2D eigenvalue weighted by Gasteiger charge is -2.13. The van der Waals surface area contributed by atoms with Crippen LogP contribution in [0.3, 0.4) is 0 Å². The van der Waals surface area contributed by atoms with Gasteiger partial charge in [-0.3, -0.25) is 0 Å². The van der Waals surface area contributed by atoms with Gasteiger partial charge in [0.05, 0.1) is 0 Å². The normalized spacial score (nSPS) is 11.4. The highest BCUT2D eigenvalue weighted by atomic mass is 35.5. The van der Waals surface area contributed by atoms with Crippen LogP contribution >= 0.6 is 12.4 Å². The van der Waals surface area contributed by atoms with Crippen molar-refractivity contribution in [2.24, 2.45) is 5.73 Å². The van der Waals surface area contributed by atoms with Gasteiger partial charge in [-0.25, -0.2) is 4.79 Å². The Morgan fingerprint density at radius 2 is 2.24 bits per heavy atom.